The summed E-state index contributed by atoms with van der Waals surface area (Å²) in [5.74, 6) is 0. The van der Waals surface area contributed by atoms with Gasteiger partial charge in [-0.25, -0.2) is 4.79 Å². The molecule has 1 amide bonds. The van der Waals surface area contributed by atoms with Gasteiger partial charge in [-0.15, -0.1) is 0 Å². The summed E-state index contributed by atoms with van der Waals surface area (Å²) in [6.07, 6.45) is 5.61. The fourth-order valence-corrected chi connectivity index (χ4v) is 2.75. The van der Waals surface area contributed by atoms with Crippen molar-refractivity contribution in [2.75, 3.05) is 13.1 Å². The molecule has 5 heteroatoms. The van der Waals surface area contributed by atoms with E-state index in [1.165, 1.54) is 19.3 Å². The standard InChI is InChI=1S/C17H35N3O2/c1-6-14(20-16(21)22-17(3,4)5)12-19-13(2)11-15-9-7-8-10-18-15/h13-15,18-19H,6-12H2,1-5H3,(H,20,21). The average molecular weight is 313 g/mol. The molecule has 3 N–H and O–H groups in total. The first-order chi connectivity index (χ1) is 10.3. The number of ether oxygens (including phenoxy) is 1. The van der Waals surface area contributed by atoms with Crippen LogP contribution in [0.15, 0.2) is 0 Å². The lowest BCUT2D eigenvalue weighted by molar-refractivity contribution is 0.0501. The summed E-state index contributed by atoms with van der Waals surface area (Å²) in [5, 5.41) is 10.1. The first-order valence-electron chi connectivity index (χ1n) is 8.76. The van der Waals surface area contributed by atoms with E-state index in [1.54, 1.807) is 0 Å². The van der Waals surface area contributed by atoms with Gasteiger partial charge >= 0.3 is 6.09 Å². The number of amides is 1. The molecule has 1 saturated heterocycles. The molecule has 0 aliphatic carbocycles. The summed E-state index contributed by atoms with van der Waals surface area (Å²) in [6.45, 7) is 11.9. The van der Waals surface area contributed by atoms with E-state index < -0.39 is 5.60 Å². The van der Waals surface area contributed by atoms with E-state index in [2.05, 4.69) is 29.8 Å². The third-order valence-electron chi connectivity index (χ3n) is 3.98. The van der Waals surface area contributed by atoms with Crippen LogP contribution in [0, 0.1) is 0 Å². The van der Waals surface area contributed by atoms with Crippen molar-refractivity contribution in [3.8, 4) is 0 Å². The summed E-state index contributed by atoms with van der Waals surface area (Å²) >= 11 is 0. The van der Waals surface area contributed by atoms with Crippen molar-refractivity contribution in [2.45, 2.75) is 90.4 Å². The molecule has 22 heavy (non-hydrogen) atoms. The zero-order chi connectivity index (χ0) is 16.6. The molecule has 3 atom stereocenters. The summed E-state index contributed by atoms with van der Waals surface area (Å²) in [6, 6.07) is 1.19. The van der Waals surface area contributed by atoms with Crippen LogP contribution in [-0.2, 0) is 4.74 Å². The Bertz CT molecular complexity index is 322. The van der Waals surface area contributed by atoms with E-state index in [4.69, 9.17) is 4.74 Å². The van der Waals surface area contributed by atoms with Crippen molar-refractivity contribution >= 4 is 6.09 Å². The van der Waals surface area contributed by atoms with Gasteiger partial charge < -0.3 is 20.7 Å². The quantitative estimate of drug-likeness (QED) is 0.676. The van der Waals surface area contributed by atoms with Crippen LogP contribution in [0.2, 0.25) is 0 Å². The molecule has 0 aromatic carbocycles. The first-order valence-corrected chi connectivity index (χ1v) is 8.76. The SMILES string of the molecule is CCC(CNC(C)CC1CCCCN1)NC(=O)OC(C)(C)C. The minimum atomic E-state index is -0.449. The highest BCUT2D eigenvalue weighted by Gasteiger charge is 2.20. The van der Waals surface area contributed by atoms with E-state index in [1.807, 2.05) is 20.8 Å². The van der Waals surface area contributed by atoms with Crippen LogP contribution < -0.4 is 16.0 Å². The van der Waals surface area contributed by atoms with Gasteiger partial charge in [-0.3, -0.25) is 0 Å². The van der Waals surface area contributed by atoms with Gasteiger partial charge in [0.1, 0.15) is 5.60 Å². The molecule has 0 saturated carbocycles. The van der Waals surface area contributed by atoms with Crippen LogP contribution in [-0.4, -0.2) is 42.9 Å². The molecule has 130 valence electrons. The summed E-state index contributed by atoms with van der Waals surface area (Å²) in [7, 11) is 0. The lowest BCUT2D eigenvalue weighted by Crippen LogP contribution is -2.47. The van der Waals surface area contributed by atoms with Crippen LogP contribution >= 0.6 is 0 Å². The second kappa shape index (κ2) is 9.36. The monoisotopic (exact) mass is 313 g/mol. The number of hydrogen-bond donors (Lipinski definition) is 3. The Labute approximate surface area is 135 Å². The number of piperidine rings is 1. The van der Waals surface area contributed by atoms with Crippen molar-refractivity contribution in [2.24, 2.45) is 0 Å². The van der Waals surface area contributed by atoms with Crippen molar-refractivity contribution in [1.82, 2.24) is 16.0 Å². The highest BCUT2D eigenvalue weighted by atomic mass is 16.6. The van der Waals surface area contributed by atoms with Gasteiger partial charge in [0, 0.05) is 24.7 Å². The molecule has 1 fully saturated rings. The second-order valence-electron chi connectivity index (χ2n) is 7.44. The average Bonchev–Trinajstić information content (AvgIpc) is 2.42. The van der Waals surface area contributed by atoms with Gasteiger partial charge in [0.2, 0.25) is 0 Å². The Morgan fingerprint density at radius 1 is 1.36 bits per heavy atom. The van der Waals surface area contributed by atoms with E-state index in [-0.39, 0.29) is 12.1 Å². The van der Waals surface area contributed by atoms with Crippen LogP contribution in [0.1, 0.15) is 66.7 Å². The zero-order valence-electron chi connectivity index (χ0n) is 15.0. The largest absolute Gasteiger partial charge is 0.444 e. The molecule has 1 aliphatic rings. The van der Waals surface area contributed by atoms with Gasteiger partial charge in [0.25, 0.3) is 0 Å². The van der Waals surface area contributed by atoms with Crippen LogP contribution in [0.3, 0.4) is 0 Å². The predicted molar refractivity (Wildman–Crippen MR) is 91.2 cm³/mol. The molecule has 0 spiro atoms. The molecule has 1 aliphatic heterocycles. The maximum atomic E-state index is 11.8. The number of carbonyl (C=O) groups is 1. The molecule has 0 bridgehead atoms. The van der Waals surface area contributed by atoms with Gasteiger partial charge in [0.15, 0.2) is 0 Å². The van der Waals surface area contributed by atoms with E-state index in [9.17, 15) is 4.79 Å². The van der Waals surface area contributed by atoms with E-state index in [0.717, 1.165) is 25.9 Å². The molecule has 0 aromatic heterocycles. The van der Waals surface area contributed by atoms with Crippen molar-refractivity contribution in [1.29, 1.82) is 0 Å². The molecular formula is C17H35N3O2. The summed E-state index contributed by atoms with van der Waals surface area (Å²) in [5.41, 5.74) is -0.449. The van der Waals surface area contributed by atoms with Crippen LogP contribution in [0.5, 0.6) is 0 Å². The zero-order valence-corrected chi connectivity index (χ0v) is 15.0. The van der Waals surface area contributed by atoms with Gasteiger partial charge in [-0.1, -0.05) is 13.3 Å². The highest BCUT2D eigenvalue weighted by molar-refractivity contribution is 5.68. The summed E-state index contributed by atoms with van der Waals surface area (Å²) in [4.78, 5) is 11.8. The Morgan fingerprint density at radius 3 is 2.64 bits per heavy atom. The number of rotatable bonds is 7. The lowest BCUT2D eigenvalue weighted by atomic mass is 9.98. The second-order valence-corrected chi connectivity index (χ2v) is 7.44. The third kappa shape index (κ3) is 8.59. The van der Waals surface area contributed by atoms with Crippen molar-refractivity contribution in [3.63, 3.8) is 0 Å². The Hall–Kier alpha value is -0.810. The maximum Gasteiger partial charge on any atom is 0.407 e. The van der Waals surface area contributed by atoms with Crippen molar-refractivity contribution in [3.05, 3.63) is 0 Å². The van der Waals surface area contributed by atoms with Gasteiger partial charge in [-0.2, -0.15) is 0 Å². The predicted octanol–water partition coefficient (Wildman–Crippen LogP) is 2.80. The molecule has 1 rings (SSSR count). The minimum absolute atomic E-state index is 0.108. The fourth-order valence-electron chi connectivity index (χ4n) is 2.75. The molecule has 1 heterocycles. The van der Waals surface area contributed by atoms with Gasteiger partial charge in [-0.05, 0) is 59.9 Å². The molecule has 5 nitrogen and oxygen atoms in total. The van der Waals surface area contributed by atoms with Gasteiger partial charge in [0.05, 0.1) is 0 Å². The number of alkyl carbamates (subject to hydrolysis) is 1. The Kier molecular flexibility index (Phi) is 8.18. The Morgan fingerprint density at radius 2 is 2.09 bits per heavy atom. The fraction of sp³-hybridized carbons (Fsp3) is 0.941. The van der Waals surface area contributed by atoms with Crippen molar-refractivity contribution < 1.29 is 9.53 Å². The first kappa shape index (κ1) is 19.2. The van der Waals surface area contributed by atoms with E-state index >= 15 is 0 Å². The van der Waals surface area contributed by atoms with Crippen LogP contribution in [0.25, 0.3) is 0 Å². The maximum absolute atomic E-state index is 11.8. The summed E-state index contributed by atoms with van der Waals surface area (Å²) < 4.78 is 5.31. The molecule has 3 unspecified atom stereocenters. The number of hydrogen-bond acceptors (Lipinski definition) is 4. The third-order valence-corrected chi connectivity index (χ3v) is 3.98. The lowest BCUT2D eigenvalue weighted by Gasteiger charge is -2.28. The minimum Gasteiger partial charge on any atom is -0.444 e. The molecular weight excluding hydrogens is 278 g/mol. The van der Waals surface area contributed by atoms with Crippen LogP contribution in [0.4, 0.5) is 4.79 Å². The molecule has 0 aromatic rings. The smallest absolute Gasteiger partial charge is 0.407 e. The Balaban J connectivity index is 2.25. The normalized spacial score (nSPS) is 22.0. The topological polar surface area (TPSA) is 62.4 Å². The highest BCUT2D eigenvalue weighted by Crippen LogP contribution is 2.12. The number of nitrogens with one attached hydrogen (secondary N) is 3. The van der Waals surface area contributed by atoms with E-state index in [0.29, 0.717) is 12.1 Å². The number of carbonyl (C=O) groups excluding carboxylic acids is 1. The molecule has 0 radical (unpaired) electrons.